The van der Waals surface area contributed by atoms with Crippen molar-refractivity contribution < 1.29 is 38.1 Å². The lowest BCUT2D eigenvalue weighted by Gasteiger charge is -2.33. The minimum atomic E-state index is -0.570. The SMILES string of the molecule is O=C(CCCCCl)OCCC(CCOC(=O)CCCCCl)(CCOC(=O)CCCCCl)CCOC(=O)CCCCCl. The van der Waals surface area contributed by atoms with Crippen molar-refractivity contribution in [3.8, 4) is 0 Å². The van der Waals surface area contributed by atoms with Crippen molar-refractivity contribution in [3.63, 3.8) is 0 Å². The van der Waals surface area contributed by atoms with E-state index in [0.29, 0.717) is 74.9 Å². The highest BCUT2D eigenvalue weighted by atomic mass is 35.5. The Labute approximate surface area is 265 Å². The smallest absolute Gasteiger partial charge is 0.305 e. The number of alkyl halides is 4. The average Bonchev–Trinajstić information content (AvgIpc) is 2.93. The van der Waals surface area contributed by atoms with Gasteiger partial charge in [-0.05, 0) is 82.5 Å². The molecule has 0 N–H and O–H groups in total. The summed E-state index contributed by atoms with van der Waals surface area (Å²) in [4.78, 5) is 48.8. The van der Waals surface area contributed by atoms with E-state index in [0.717, 1.165) is 25.7 Å². The van der Waals surface area contributed by atoms with Crippen LogP contribution in [0, 0.1) is 5.41 Å². The van der Waals surface area contributed by atoms with Gasteiger partial charge in [0.15, 0.2) is 0 Å². The Kier molecular flexibility index (Phi) is 27.2. The zero-order valence-electron chi connectivity index (χ0n) is 24.2. The van der Waals surface area contributed by atoms with Crippen LogP contribution in [0.15, 0.2) is 0 Å². The molecule has 0 saturated carbocycles. The molecule has 0 heterocycles. The number of carbonyl (C=O) groups excluding carboxylic acids is 4. The normalized spacial score (nSPS) is 11.2. The maximum atomic E-state index is 12.2. The summed E-state index contributed by atoms with van der Waals surface area (Å²) < 4.78 is 21.9. The third-order valence-corrected chi connectivity index (χ3v) is 7.71. The highest BCUT2D eigenvalue weighted by Crippen LogP contribution is 2.36. The molecule has 0 aromatic rings. The minimum absolute atomic E-state index is 0.136. The molecule has 240 valence electrons. The van der Waals surface area contributed by atoms with Crippen molar-refractivity contribution in [2.24, 2.45) is 5.41 Å². The van der Waals surface area contributed by atoms with Crippen LogP contribution in [0.2, 0.25) is 0 Å². The van der Waals surface area contributed by atoms with Gasteiger partial charge in [-0.1, -0.05) is 0 Å². The fourth-order valence-corrected chi connectivity index (χ4v) is 4.78. The number of hydrogen-bond acceptors (Lipinski definition) is 8. The summed E-state index contributed by atoms with van der Waals surface area (Å²) in [6.07, 6.45) is 8.28. The molecule has 0 atom stereocenters. The van der Waals surface area contributed by atoms with E-state index >= 15 is 0 Å². The molecule has 8 nitrogen and oxygen atoms in total. The molecule has 0 radical (unpaired) electrons. The van der Waals surface area contributed by atoms with Crippen LogP contribution in [-0.2, 0) is 38.1 Å². The number of hydrogen-bond donors (Lipinski definition) is 0. The molecule has 0 spiro atoms. The van der Waals surface area contributed by atoms with Crippen molar-refractivity contribution in [1.82, 2.24) is 0 Å². The second-order valence-electron chi connectivity index (χ2n) is 9.97. The van der Waals surface area contributed by atoms with Gasteiger partial charge >= 0.3 is 23.9 Å². The van der Waals surface area contributed by atoms with Gasteiger partial charge in [0.2, 0.25) is 0 Å². The molecule has 0 aromatic carbocycles. The van der Waals surface area contributed by atoms with Gasteiger partial charge in [-0.25, -0.2) is 0 Å². The Morgan fingerprint density at radius 1 is 0.390 bits per heavy atom. The van der Waals surface area contributed by atoms with E-state index in [2.05, 4.69) is 0 Å². The second-order valence-corrected chi connectivity index (χ2v) is 11.5. The molecule has 0 rings (SSSR count). The third-order valence-electron chi connectivity index (χ3n) is 6.64. The highest BCUT2D eigenvalue weighted by Gasteiger charge is 2.31. The Balaban J connectivity index is 5.35. The van der Waals surface area contributed by atoms with Gasteiger partial charge in [-0.3, -0.25) is 19.2 Å². The predicted molar refractivity (Wildman–Crippen MR) is 163 cm³/mol. The van der Waals surface area contributed by atoms with Crippen molar-refractivity contribution in [1.29, 1.82) is 0 Å². The first kappa shape index (κ1) is 40.0. The Bertz CT molecular complexity index is 591. The van der Waals surface area contributed by atoms with Crippen molar-refractivity contribution in [2.75, 3.05) is 49.9 Å². The van der Waals surface area contributed by atoms with E-state index in [1.54, 1.807) is 0 Å². The van der Waals surface area contributed by atoms with Crippen molar-refractivity contribution >= 4 is 70.3 Å². The first-order chi connectivity index (χ1) is 19.8. The van der Waals surface area contributed by atoms with Gasteiger partial charge < -0.3 is 18.9 Å². The Morgan fingerprint density at radius 2 is 0.610 bits per heavy atom. The summed E-state index contributed by atoms with van der Waals surface area (Å²) in [5.41, 5.74) is -0.570. The molecule has 41 heavy (non-hydrogen) atoms. The van der Waals surface area contributed by atoms with Crippen LogP contribution in [0.4, 0.5) is 0 Å². The molecule has 0 aliphatic heterocycles. The molecule has 12 heteroatoms. The largest absolute Gasteiger partial charge is 0.466 e. The van der Waals surface area contributed by atoms with Crippen LogP contribution in [0.5, 0.6) is 0 Å². The van der Waals surface area contributed by atoms with Crippen LogP contribution in [0.25, 0.3) is 0 Å². The maximum absolute atomic E-state index is 12.2. The molecular formula is C29H48Cl4O8. The molecular weight excluding hydrogens is 618 g/mol. The fraction of sp³-hybridized carbons (Fsp3) is 0.862. The lowest BCUT2D eigenvalue weighted by atomic mass is 9.76. The first-order valence-electron chi connectivity index (χ1n) is 14.7. The number of unbranched alkanes of at least 4 members (excludes halogenated alkanes) is 4. The zero-order valence-corrected chi connectivity index (χ0v) is 27.3. The molecule has 0 amide bonds. The lowest BCUT2D eigenvalue weighted by Crippen LogP contribution is -2.30. The van der Waals surface area contributed by atoms with Gasteiger partial charge in [-0.2, -0.15) is 0 Å². The molecule has 0 saturated heterocycles. The summed E-state index contributed by atoms with van der Waals surface area (Å²) in [6.45, 7) is 0.543. The Morgan fingerprint density at radius 3 is 0.805 bits per heavy atom. The minimum Gasteiger partial charge on any atom is -0.466 e. The maximum Gasteiger partial charge on any atom is 0.305 e. The number of carbonyl (C=O) groups is 4. The summed E-state index contributed by atoms with van der Waals surface area (Å²) in [7, 11) is 0. The van der Waals surface area contributed by atoms with Gasteiger partial charge in [-0.15, -0.1) is 46.4 Å². The standard InChI is InChI=1S/C29H48Cl4O8/c30-17-5-1-9-25(34)38-21-13-29(14-22-39-26(35)10-2-6-18-31,15-23-40-27(36)11-3-7-19-32)16-24-41-28(37)12-4-8-20-33/h1-24H2. The summed E-state index contributed by atoms with van der Waals surface area (Å²) in [5.74, 6) is 0.674. The summed E-state index contributed by atoms with van der Waals surface area (Å²) in [5, 5.41) is 0. The quantitative estimate of drug-likeness (QED) is 0.0370. The van der Waals surface area contributed by atoms with E-state index in [1.807, 2.05) is 0 Å². The van der Waals surface area contributed by atoms with E-state index in [4.69, 9.17) is 65.4 Å². The highest BCUT2D eigenvalue weighted by molar-refractivity contribution is 6.18. The van der Waals surface area contributed by atoms with Gasteiger partial charge in [0.1, 0.15) is 0 Å². The first-order valence-corrected chi connectivity index (χ1v) is 16.8. The molecule has 0 aliphatic carbocycles. The molecule has 0 fully saturated rings. The van der Waals surface area contributed by atoms with E-state index in [-0.39, 0.29) is 76.0 Å². The summed E-state index contributed by atoms with van der Waals surface area (Å²) in [6, 6.07) is 0. The van der Waals surface area contributed by atoms with E-state index in [1.165, 1.54) is 0 Å². The van der Waals surface area contributed by atoms with Crippen LogP contribution in [0.3, 0.4) is 0 Å². The van der Waals surface area contributed by atoms with Crippen LogP contribution in [-0.4, -0.2) is 73.8 Å². The molecule has 0 aromatic heterocycles. The average molecular weight is 667 g/mol. The molecule has 0 unspecified atom stereocenters. The number of rotatable bonds is 28. The number of halogens is 4. The number of ether oxygens (including phenoxy) is 4. The zero-order chi connectivity index (χ0) is 30.6. The van der Waals surface area contributed by atoms with E-state index in [9.17, 15) is 19.2 Å². The molecule has 0 aliphatic rings. The van der Waals surface area contributed by atoms with Crippen LogP contribution >= 0.6 is 46.4 Å². The lowest BCUT2D eigenvalue weighted by molar-refractivity contribution is -0.146. The van der Waals surface area contributed by atoms with Crippen LogP contribution in [0.1, 0.15) is 103 Å². The van der Waals surface area contributed by atoms with Crippen molar-refractivity contribution in [3.05, 3.63) is 0 Å². The van der Waals surface area contributed by atoms with E-state index < -0.39 is 5.41 Å². The second kappa shape index (κ2) is 27.8. The van der Waals surface area contributed by atoms with Gasteiger partial charge in [0.05, 0.1) is 26.4 Å². The van der Waals surface area contributed by atoms with Crippen LogP contribution < -0.4 is 0 Å². The topological polar surface area (TPSA) is 105 Å². The van der Waals surface area contributed by atoms with Gasteiger partial charge in [0.25, 0.3) is 0 Å². The van der Waals surface area contributed by atoms with Gasteiger partial charge in [0, 0.05) is 49.2 Å². The monoisotopic (exact) mass is 664 g/mol. The molecule has 0 bridgehead atoms. The Hall–Kier alpha value is -0.960. The third kappa shape index (κ3) is 24.2. The predicted octanol–water partition coefficient (Wildman–Crippen LogP) is 7.34. The summed E-state index contributed by atoms with van der Waals surface area (Å²) >= 11 is 22.8. The van der Waals surface area contributed by atoms with Crippen molar-refractivity contribution in [2.45, 2.75) is 103 Å². The number of esters is 4. The fourth-order valence-electron chi connectivity index (χ4n) is 4.02.